The number of fused-ring (bicyclic) bond motifs is 2. The molecule has 0 aliphatic rings. The van der Waals surface area contributed by atoms with Gasteiger partial charge in [0.25, 0.3) is 5.56 Å². The summed E-state index contributed by atoms with van der Waals surface area (Å²) in [5.41, 5.74) is 0.774. The summed E-state index contributed by atoms with van der Waals surface area (Å²) in [4.78, 5) is 15.4. The molecule has 0 unspecified atom stereocenters. The highest BCUT2D eigenvalue weighted by atomic mass is 32.1. The summed E-state index contributed by atoms with van der Waals surface area (Å²) < 4.78 is 2.05. The van der Waals surface area contributed by atoms with Gasteiger partial charge in [-0.15, -0.1) is 6.58 Å². The number of rotatable bonds is 1. The van der Waals surface area contributed by atoms with Gasteiger partial charge in [0, 0.05) is 6.54 Å². The zero-order valence-corrected chi connectivity index (χ0v) is 15.0. The Morgan fingerprint density at radius 2 is 1.74 bits per heavy atom. The molecule has 0 spiro atoms. The van der Waals surface area contributed by atoms with Gasteiger partial charge in [0.15, 0.2) is 4.77 Å². The monoisotopic (exact) mass is 328 g/mol. The Morgan fingerprint density at radius 1 is 1.22 bits per heavy atom. The van der Waals surface area contributed by atoms with E-state index in [4.69, 9.17) is 12.2 Å². The maximum atomic E-state index is 12.3. The predicted octanol–water partition coefficient (Wildman–Crippen LogP) is 5.45. The molecule has 3 aromatic rings. The molecule has 0 saturated carbocycles. The molecule has 0 bridgehead atoms. The van der Waals surface area contributed by atoms with E-state index in [1.807, 2.05) is 64.1 Å². The van der Waals surface area contributed by atoms with E-state index in [0.29, 0.717) is 16.7 Å². The largest absolute Gasteiger partial charge is 0.332 e. The SMILES string of the molecule is C=CC.CC.CCn1c(=S)[nH]c2cc3ccccc3cc2c1=O. The Labute approximate surface area is 142 Å². The topological polar surface area (TPSA) is 37.8 Å². The number of aromatic nitrogens is 2. The molecule has 0 radical (unpaired) electrons. The van der Waals surface area contributed by atoms with E-state index in [9.17, 15) is 4.79 Å². The van der Waals surface area contributed by atoms with Crippen LogP contribution < -0.4 is 5.56 Å². The van der Waals surface area contributed by atoms with E-state index in [1.165, 1.54) is 0 Å². The number of allylic oxidation sites excluding steroid dienone is 1. The van der Waals surface area contributed by atoms with Crippen molar-refractivity contribution in [2.45, 2.75) is 34.2 Å². The average molecular weight is 328 g/mol. The molecule has 1 aromatic heterocycles. The summed E-state index contributed by atoms with van der Waals surface area (Å²) in [5, 5.41) is 2.85. The number of hydrogen-bond donors (Lipinski definition) is 1. The second-order valence-electron chi connectivity index (χ2n) is 4.63. The molecular formula is C19H24N2OS. The highest BCUT2D eigenvalue weighted by Crippen LogP contribution is 2.19. The van der Waals surface area contributed by atoms with Crippen LogP contribution in [0.3, 0.4) is 0 Å². The van der Waals surface area contributed by atoms with Gasteiger partial charge in [-0.1, -0.05) is 44.2 Å². The second-order valence-corrected chi connectivity index (χ2v) is 5.02. The van der Waals surface area contributed by atoms with Crippen molar-refractivity contribution in [1.29, 1.82) is 0 Å². The fraction of sp³-hybridized carbons (Fsp3) is 0.263. The van der Waals surface area contributed by atoms with Crippen LogP contribution in [0.15, 0.2) is 53.8 Å². The summed E-state index contributed by atoms with van der Waals surface area (Å²) in [5.74, 6) is 0. The van der Waals surface area contributed by atoms with Crippen LogP contribution in [0.2, 0.25) is 0 Å². The van der Waals surface area contributed by atoms with Gasteiger partial charge in [0.1, 0.15) is 0 Å². The number of aromatic amines is 1. The highest BCUT2D eigenvalue weighted by molar-refractivity contribution is 7.71. The number of H-pyrrole nitrogens is 1. The third-order valence-electron chi connectivity index (χ3n) is 3.16. The highest BCUT2D eigenvalue weighted by Gasteiger charge is 2.05. The van der Waals surface area contributed by atoms with E-state index in [1.54, 1.807) is 10.6 Å². The smallest absolute Gasteiger partial charge is 0.262 e. The van der Waals surface area contributed by atoms with Crippen molar-refractivity contribution in [3.63, 3.8) is 0 Å². The second kappa shape index (κ2) is 9.06. The fourth-order valence-corrected chi connectivity index (χ4v) is 2.55. The zero-order valence-electron chi connectivity index (χ0n) is 14.2. The molecule has 23 heavy (non-hydrogen) atoms. The number of nitrogens with zero attached hydrogens (tertiary/aromatic N) is 1. The van der Waals surface area contributed by atoms with Gasteiger partial charge in [-0.3, -0.25) is 9.36 Å². The molecule has 0 amide bonds. The van der Waals surface area contributed by atoms with Gasteiger partial charge in [-0.05, 0) is 49.0 Å². The van der Waals surface area contributed by atoms with Crippen molar-refractivity contribution < 1.29 is 0 Å². The maximum absolute atomic E-state index is 12.3. The summed E-state index contributed by atoms with van der Waals surface area (Å²) in [6.07, 6.45) is 1.75. The summed E-state index contributed by atoms with van der Waals surface area (Å²) in [6, 6.07) is 11.9. The van der Waals surface area contributed by atoms with E-state index in [2.05, 4.69) is 11.6 Å². The quantitative estimate of drug-likeness (QED) is 0.366. The van der Waals surface area contributed by atoms with Gasteiger partial charge in [0.05, 0.1) is 10.9 Å². The first kappa shape index (κ1) is 18.8. The first-order valence-electron chi connectivity index (χ1n) is 7.85. The summed E-state index contributed by atoms with van der Waals surface area (Å²) in [7, 11) is 0. The van der Waals surface area contributed by atoms with Crippen LogP contribution in [0, 0.1) is 4.77 Å². The third-order valence-corrected chi connectivity index (χ3v) is 3.49. The number of benzene rings is 2. The zero-order chi connectivity index (χ0) is 17.4. The van der Waals surface area contributed by atoms with Gasteiger partial charge >= 0.3 is 0 Å². The van der Waals surface area contributed by atoms with Crippen molar-refractivity contribution in [1.82, 2.24) is 9.55 Å². The Bertz CT molecular complexity index is 907. The van der Waals surface area contributed by atoms with E-state index < -0.39 is 0 Å². The molecule has 0 atom stereocenters. The Balaban J connectivity index is 0.000000477. The van der Waals surface area contributed by atoms with Crippen LogP contribution in [-0.4, -0.2) is 9.55 Å². The van der Waals surface area contributed by atoms with E-state index >= 15 is 0 Å². The first-order valence-corrected chi connectivity index (χ1v) is 8.25. The van der Waals surface area contributed by atoms with Gasteiger partial charge in [-0.25, -0.2) is 0 Å². The summed E-state index contributed by atoms with van der Waals surface area (Å²) in [6.45, 7) is 11.7. The minimum atomic E-state index is -0.0259. The van der Waals surface area contributed by atoms with Crippen LogP contribution >= 0.6 is 12.2 Å². The van der Waals surface area contributed by atoms with Crippen LogP contribution in [0.4, 0.5) is 0 Å². The van der Waals surface area contributed by atoms with Crippen LogP contribution in [-0.2, 0) is 6.54 Å². The van der Waals surface area contributed by atoms with Crippen molar-refractivity contribution in [2.75, 3.05) is 0 Å². The van der Waals surface area contributed by atoms with Crippen LogP contribution in [0.5, 0.6) is 0 Å². The maximum Gasteiger partial charge on any atom is 0.262 e. The van der Waals surface area contributed by atoms with Crippen molar-refractivity contribution in [3.05, 3.63) is 64.2 Å². The number of hydrogen-bond acceptors (Lipinski definition) is 2. The average Bonchev–Trinajstić information content (AvgIpc) is 2.56. The molecule has 0 saturated heterocycles. The summed E-state index contributed by atoms with van der Waals surface area (Å²) >= 11 is 5.20. The Morgan fingerprint density at radius 3 is 2.26 bits per heavy atom. The van der Waals surface area contributed by atoms with Crippen LogP contribution in [0.1, 0.15) is 27.7 Å². The third kappa shape index (κ3) is 4.17. The van der Waals surface area contributed by atoms with Gasteiger partial charge in [-0.2, -0.15) is 0 Å². The molecule has 1 heterocycles. The van der Waals surface area contributed by atoms with E-state index in [-0.39, 0.29) is 5.56 Å². The Kier molecular flexibility index (Phi) is 7.42. The van der Waals surface area contributed by atoms with Crippen molar-refractivity contribution >= 4 is 33.9 Å². The molecule has 0 fully saturated rings. The Hall–Kier alpha value is -2.20. The van der Waals surface area contributed by atoms with Gasteiger partial charge < -0.3 is 4.98 Å². The standard InChI is InChI=1S/C14H12N2OS.C3H6.C2H6/c1-2-16-13(17)11-7-9-5-3-4-6-10(9)8-12(11)15-14(16)18;1-3-2;1-2/h3-8H,2H2,1H3,(H,15,18);3H,1H2,2H3;1-2H3. The fourth-order valence-electron chi connectivity index (χ4n) is 2.23. The van der Waals surface area contributed by atoms with Crippen LogP contribution in [0.25, 0.3) is 21.7 Å². The lowest BCUT2D eigenvalue weighted by atomic mass is 10.1. The lowest BCUT2D eigenvalue weighted by Crippen LogP contribution is -2.21. The molecule has 4 heteroatoms. The molecule has 0 aliphatic heterocycles. The lowest BCUT2D eigenvalue weighted by Gasteiger charge is -2.06. The minimum Gasteiger partial charge on any atom is -0.332 e. The van der Waals surface area contributed by atoms with E-state index in [0.717, 1.165) is 16.3 Å². The molecule has 122 valence electrons. The molecule has 2 aromatic carbocycles. The lowest BCUT2D eigenvalue weighted by molar-refractivity contribution is 0.705. The normalized spacial score (nSPS) is 9.57. The van der Waals surface area contributed by atoms with Crippen molar-refractivity contribution in [3.8, 4) is 0 Å². The number of nitrogens with one attached hydrogen (secondary N) is 1. The molecule has 3 nitrogen and oxygen atoms in total. The van der Waals surface area contributed by atoms with Crippen molar-refractivity contribution in [2.24, 2.45) is 0 Å². The molecule has 0 aliphatic carbocycles. The van der Waals surface area contributed by atoms with Gasteiger partial charge in [0.2, 0.25) is 0 Å². The minimum absolute atomic E-state index is 0.0259. The molecule has 1 N–H and O–H groups in total. The molecular weight excluding hydrogens is 304 g/mol. The molecule has 3 rings (SSSR count). The predicted molar refractivity (Wildman–Crippen MR) is 104 cm³/mol. The first-order chi connectivity index (χ1) is 11.1.